The first kappa shape index (κ1) is 16.4. The Morgan fingerprint density at radius 1 is 1.45 bits per heavy atom. The molecule has 0 atom stereocenters. The molecule has 0 spiro atoms. The molecular formula is C13H16BrFN2O3. The van der Waals surface area contributed by atoms with E-state index >= 15 is 0 Å². The maximum absolute atomic E-state index is 13.1. The summed E-state index contributed by atoms with van der Waals surface area (Å²) >= 11 is 3.19. The molecule has 0 aromatic heterocycles. The Hall–Kier alpha value is -1.63. The fourth-order valence-electron chi connectivity index (χ4n) is 1.61. The second-order valence-electron chi connectivity index (χ2n) is 4.72. The van der Waals surface area contributed by atoms with Crippen molar-refractivity contribution in [2.24, 2.45) is 5.92 Å². The van der Waals surface area contributed by atoms with Gasteiger partial charge in [-0.2, -0.15) is 0 Å². The SMILES string of the molecule is CC(C)CN(CC(=O)O)C(=O)Nc1cc(F)ccc1Br. The zero-order chi connectivity index (χ0) is 15.3. The smallest absolute Gasteiger partial charge is 0.323 e. The molecule has 2 N–H and O–H groups in total. The van der Waals surface area contributed by atoms with Crippen LogP contribution in [0.25, 0.3) is 0 Å². The van der Waals surface area contributed by atoms with Crippen molar-refractivity contribution in [3.05, 3.63) is 28.5 Å². The molecule has 0 fully saturated rings. The van der Waals surface area contributed by atoms with E-state index < -0.39 is 24.4 Å². The van der Waals surface area contributed by atoms with Crippen LogP contribution < -0.4 is 5.32 Å². The summed E-state index contributed by atoms with van der Waals surface area (Å²) in [5.41, 5.74) is 0.258. The van der Waals surface area contributed by atoms with Gasteiger partial charge in [-0.1, -0.05) is 13.8 Å². The van der Waals surface area contributed by atoms with E-state index in [1.165, 1.54) is 17.0 Å². The lowest BCUT2D eigenvalue weighted by Crippen LogP contribution is -2.41. The predicted molar refractivity (Wildman–Crippen MR) is 77.2 cm³/mol. The van der Waals surface area contributed by atoms with E-state index in [-0.39, 0.29) is 11.6 Å². The molecule has 1 aromatic carbocycles. The van der Waals surface area contributed by atoms with Gasteiger partial charge in [-0.25, -0.2) is 9.18 Å². The van der Waals surface area contributed by atoms with Crippen molar-refractivity contribution in [1.29, 1.82) is 0 Å². The summed E-state index contributed by atoms with van der Waals surface area (Å²) in [5, 5.41) is 11.3. The fourth-order valence-corrected chi connectivity index (χ4v) is 1.96. The number of urea groups is 1. The highest BCUT2D eigenvalue weighted by atomic mass is 79.9. The lowest BCUT2D eigenvalue weighted by molar-refractivity contribution is -0.137. The minimum Gasteiger partial charge on any atom is -0.480 e. The highest BCUT2D eigenvalue weighted by Crippen LogP contribution is 2.23. The van der Waals surface area contributed by atoms with Gasteiger partial charge in [0.15, 0.2) is 0 Å². The first-order chi connectivity index (χ1) is 9.29. The Balaban J connectivity index is 2.84. The third-order valence-corrected chi connectivity index (χ3v) is 3.06. The molecule has 5 nitrogen and oxygen atoms in total. The van der Waals surface area contributed by atoms with Crippen LogP contribution in [-0.4, -0.2) is 35.1 Å². The Kier molecular flexibility index (Phi) is 5.94. The summed E-state index contributed by atoms with van der Waals surface area (Å²) in [6.45, 7) is 3.64. The summed E-state index contributed by atoms with van der Waals surface area (Å²) in [5.74, 6) is -1.47. The number of benzene rings is 1. The largest absolute Gasteiger partial charge is 0.480 e. The molecule has 0 aliphatic rings. The summed E-state index contributed by atoms with van der Waals surface area (Å²) in [6, 6.07) is 3.31. The van der Waals surface area contributed by atoms with E-state index in [4.69, 9.17) is 5.11 Å². The molecule has 0 saturated carbocycles. The van der Waals surface area contributed by atoms with Crippen molar-refractivity contribution in [2.45, 2.75) is 13.8 Å². The zero-order valence-corrected chi connectivity index (χ0v) is 12.8. The number of aliphatic carboxylic acids is 1. The topological polar surface area (TPSA) is 69.6 Å². The molecular weight excluding hydrogens is 331 g/mol. The van der Waals surface area contributed by atoms with Crippen LogP contribution in [0, 0.1) is 11.7 Å². The number of hydrogen-bond donors (Lipinski definition) is 2. The lowest BCUT2D eigenvalue weighted by Gasteiger charge is -2.23. The van der Waals surface area contributed by atoms with Gasteiger partial charge >= 0.3 is 12.0 Å². The van der Waals surface area contributed by atoms with Gasteiger partial charge < -0.3 is 15.3 Å². The third-order valence-electron chi connectivity index (χ3n) is 2.37. The van der Waals surface area contributed by atoms with E-state index in [9.17, 15) is 14.0 Å². The third kappa shape index (κ3) is 5.16. The van der Waals surface area contributed by atoms with Gasteiger partial charge in [0.2, 0.25) is 0 Å². The normalized spacial score (nSPS) is 10.4. The number of halogens is 2. The van der Waals surface area contributed by atoms with Crippen LogP contribution in [0.15, 0.2) is 22.7 Å². The van der Waals surface area contributed by atoms with Crippen molar-refractivity contribution in [1.82, 2.24) is 4.90 Å². The van der Waals surface area contributed by atoms with Gasteiger partial charge in [0.25, 0.3) is 0 Å². The maximum atomic E-state index is 13.1. The maximum Gasteiger partial charge on any atom is 0.323 e. The molecule has 7 heteroatoms. The van der Waals surface area contributed by atoms with Crippen LogP contribution in [0.1, 0.15) is 13.8 Å². The second kappa shape index (κ2) is 7.23. The average Bonchev–Trinajstić information content (AvgIpc) is 2.31. The molecule has 1 rings (SSSR count). The van der Waals surface area contributed by atoms with Gasteiger partial charge in [-0.05, 0) is 40.0 Å². The summed E-state index contributed by atoms with van der Waals surface area (Å²) in [4.78, 5) is 24.0. The van der Waals surface area contributed by atoms with Crippen LogP contribution in [0.2, 0.25) is 0 Å². The van der Waals surface area contributed by atoms with Crippen LogP contribution in [0.5, 0.6) is 0 Å². The highest BCUT2D eigenvalue weighted by Gasteiger charge is 2.18. The number of carboxylic acid groups (broad SMARTS) is 1. The standard InChI is InChI=1S/C13H16BrFN2O3/c1-8(2)6-17(7-12(18)19)13(20)16-11-5-9(15)3-4-10(11)14/h3-5,8H,6-7H2,1-2H3,(H,16,20)(H,18,19). The van der Waals surface area contributed by atoms with Gasteiger partial charge in [0.1, 0.15) is 12.4 Å². The van der Waals surface area contributed by atoms with Crippen LogP contribution >= 0.6 is 15.9 Å². The van der Waals surface area contributed by atoms with Crippen LogP contribution in [-0.2, 0) is 4.79 Å². The van der Waals surface area contributed by atoms with E-state index in [1.807, 2.05) is 13.8 Å². The Bertz CT molecular complexity index is 508. The Morgan fingerprint density at radius 2 is 2.10 bits per heavy atom. The van der Waals surface area contributed by atoms with Gasteiger partial charge in [-0.3, -0.25) is 4.79 Å². The molecule has 2 amide bonds. The fraction of sp³-hybridized carbons (Fsp3) is 0.385. The molecule has 110 valence electrons. The number of rotatable bonds is 5. The first-order valence-electron chi connectivity index (χ1n) is 6.02. The number of amides is 2. The van der Waals surface area contributed by atoms with Crippen molar-refractivity contribution >= 4 is 33.6 Å². The lowest BCUT2D eigenvalue weighted by atomic mass is 10.2. The van der Waals surface area contributed by atoms with Crippen molar-refractivity contribution < 1.29 is 19.1 Å². The first-order valence-corrected chi connectivity index (χ1v) is 6.81. The molecule has 0 saturated heterocycles. The molecule has 0 bridgehead atoms. The molecule has 20 heavy (non-hydrogen) atoms. The van der Waals surface area contributed by atoms with Gasteiger partial charge in [0.05, 0.1) is 5.69 Å². The molecule has 1 aromatic rings. The molecule has 0 heterocycles. The number of anilines is 1. The number of hydrogen-bond acceptors (Lipinski definition) is 2. The molecule has 0 unspecified atom stereocenters. The quantitative estimate of drug-likeness (QED) is 0.860. The van der Waals surface area contributed by atoms with Crippen LogP contribution in [0.4, 0.5) is 14.9 Å². The average molecular weight is 347 g/mol. The van der Waals surface area contributed by atoms with E-state index in [0.29, 0.717) is 11.0 Å². The minimum absolute atomic E-state index is 0.121. The molecule has 0 radical (unpaired) electrons. The number of carboxylic acids is 1. The molecule has 0 aliphatic carbocycles. The summed E-state index contributed by atoms with van der Waals surface area (Å²) in [6.07, 6.45) is 0. The Morgan fingerprint density at radius 3 is 2.65 bits per heavy atom. The van der Waals surface area contributed by atoms with E-state index in [2.05, 4.69) is 21.2 Å². The number of carbonyl (C=O) groups is 2. The van der Waals surface area contributed by atoms with Crippen LogP contribution in [0.3, 0.4) is 0 Å². The number of carbonyl (C=O) groups excluding carboxylic acids is 1. The van der Waals surface area contributed by atoms with E-state index in [0.717, 1.165) is 6.07 Å². The zero-order valence-electron chi connectivity index (χ0n) is 11.2. The highest BCUT2D eigenvalue weighted by molar-refractivity contribution is 9.10. The van der Waals surface area contributed by atoms with Crippen molar-refractivity contribution in [2.75, 3.05) is 18.4 Å². The van der Waals surface area contributed by atoms with Gasteiger partial charge in [0, 0.05) is 11.0 Å². The molecule has 0 aliphatic heterocycles. The number of nitrogens with one attached hydrogen (secondary N) is 1. The number of nitrogens with zero attached hydrogens (tertiary/aromatic N) is 1. The monoisotopic (exact) mass is 346 g/mol. The summed E-state index contributed by atoms with van der Waals surface area (Å²) in [7, 11) is 0. The Labute approximate surface area is 124 Å². The minimum atomic E-state index is -1.10. The van der Waals surface area contributed by atoms with E-state index in [1.54, 1.807) is 0 Å². The summed E-state index contributed by atoms with van der Waals surface area (Å²) < 4.78 is 13.7. The predicted octanol–water partition coefficient (Wildman–Crippen LogP) is 3.16. The van der Waals surface area contributed by atoms with Crippen molar-refractivity contribution in [3.63, 3.8) is 0 Å². The second-order valence-corrected chi connectivity index (χ2v) is 5.58. The van der Waals surface area contributed by atoms with Gasteiger partial charge in [-0.15, -0.1) is 0 Å². The van der Waals surface area contributed by atoms with Crippen molar-refractivity contribution in [3.8, 4) is 0 Å².